The Hall–Kier alpha value is 0.521. The number of rotatable bonds is 1. The van der Waals surface area contributed by atoms with Crippen LogP contribution in [-0.2, 0) is 0 Å². The first-order valence-corrected chi connectivity index (χ1v) is 32.7. The van der Waals surface area contributed by atoms with Crippen molar-refractivity contribution < 1.29 is 0 Å². The fourth-order valence-corrected chi connectivity index (χ4v) is 248. The zero-order valence-corrected chi connectivity index (χ0v) is 23.4. The quantitative estimate of drug-likeness (QED) is 0.571. The number of hydrogen-bond donors (Lipinski definition) is 0. The second-order valence-corrected chi connectivity index (χ2v) is 82.2. The minimum Gasteiger partial charge on any atom is -0.0735 e. The molecule has 0 N–H and O–H groups in total. The third-order valence-corrected chi connectivity index (χ3v) is 162. The van der Waals surface area contributed by atoms with E-state index in [0.29, 0.717) is 0 Å². The molecule has 1 saturated heterocycles. The average molecular weight is 411 g/mol. The van der Waals surface area contributed by atoms with Crippen LogP contribution in [0.4, 0.5) is 0 Å². The van der Waals surface area contributed by atoms with Crippen molar-refractivity contribution in [3.63, 3.8) is 0 Å². The van der Waals surface area contributed by atoms with Crippen LogP contribution in [0.5, 0.6) is 0 Å². The van der Waals surface area contributed by atoms with Gasteiger partial charge in [0.2, 0.25) is 0 Å². The zero-order valence-electron chi connectivity index (χ0n) is 17.4. The van der Waals surface area contributed by atoms with Crippen LogP contribution >= 0.6 is 0 Å². The largest absolute Gasteiger partial charge is 0.0735 e. The Morgan fingerprint density at radius 3 is 1.09 bits per heavy atom. The minimum atomic E-state index is -1.39. The summed E-state index contributed by atoms with van der Waals surface area (Å²) in [6.07, 6.45) is 0. The highest BCUT2D eigenvalue weighted by atomic mass is 30.2. The molecule has 0 unspecified atom stereocenters. The van der Waals surface area contributed by atoms with Gasteiger partial charge in [0.05, 0.1) is 7.11 Å². The van der Waals surface area contributed by atoms with Crippen molar-refractivity contribution >= 4 is 47.8 Å². The zero-order chi connectivity index (χ0) is 18.1. The van der Waals surface area contributed by atoms with E-state index in [0.717, 1.165) is 0 Å². The van der Waals surface area contributed by atoms with Crippen LogP contribution in [0, 0.1) is 0 Å². The van der Waals surface area contributed by atoms with Crippen LogP contribution in [0.15, 0.2) is 30.3 Å². The lowest BCUT2D eigenvalue weighted by molar-refractivity contribution is 1.70. The van der Waals surface area contributed by atoms with Gasteiger partial charge >= 0.3 is 0 Å². The topological polar surface area (TPSA) is 0 Å². The summed E-state index contributed by atoms with van der Waals surface area (Å²) in [4.78, 5) is 0. The summed E-state index contributed by atoms with van der Waals surface area (Å²) in [6, 6.07) is 11.9. The van der Waals surface area contributed by atoms with E-state index in [9.17, 15) is 0 Å². The lowest BCUT2D eigenvalue weighted by atomic mass is 10.4. The second kappa shape index (κ2) is 5.26. The Morgan fingerprint density at radius 2 is 0.739 bits per heavy atom. The number of hydrogen-bond acceptors (Lipinski definition) is 0. The second-order valence-electron chi connectivity index (χ2n) is 10.6. The molecule has 1 aliphatic heterocycles. The molecule has 6 heteroatoms. The molecule has 0 nitrogen and oxygen atoms in total. The van der Waals surface area contributed by atoms with Crippen LogP contribution in [0.1, 0.15) is 0 Å². The maximum atomic E-state index is 2.87. The van der Waals surface area contributed by atoms with Crippen molar-refractivity contribution in [3.05, 3.63) is 30.3 Å². The predicted molar refractivity (Wildman–Crippen MR) is 125 cm³/mol. The van der Waals surface area contributed by atoms with Crippen molar-refractivity contribution in [2.75, 3.05) is 0 Å². The summed E-state index contributed by atoms with van der Waals surface area (Å²) in [5.41, 5.74) is 0. The lowest BCUT2D eigenvalue weighted by Gasteiger charge is -2.73. The van der Waals surface area contributed by atoms with Gasteiger partial charge in [-0.2, -0.15) is 0 Å². The molecule has 0 amide bonds. The molecule has 130 valence electrons. The summed E-state index contributed by atoms with van der Waals surface area (Å²) in [6.45, 7) is 31.3. The van der Waals surface area contributed by atoms with Crippen molar-refractivity contribution in [2.24, 2.45) is 0 Å². The summed E-state index contributed by atoms with van der Waals surface area (Å²) in [7, 11) is -7.27. The smallest absolute Gasteiger partial charge is 0.0657 e. The van der Waals surface area contributed by atoms with Crippen LogP contribution in [0.2, 0.25) is 72.0 Å². The van der Waals surface area contributed by atoms with Gasteiger partial charge in [-0.3, -0.25) is 0 Å². The van der Waals surface area contributed by atoms with E-state index in [-0.39, 0.29) is 0 Å². The molecule has 0 radical (unpaired) electrons. The maximum Gasteiger partial charge on any atom is 0.0657 e. The van der Waals surface area contributed by atoms with Gasteiger partial charge in [0, 0.05) is 35.5 Å². The Bertz CT molecular complexity index is 571. The molecule has 23 heavy (non-hydrogen) atoms. The summed E-state index contributed by atoms with van der Waals surface area (Å²) >= 11 is 0. The van der Waals surface area contributed by atoms with Gasteiger partial charge in [0.25, 0.3) is 0 Å². The molecule has 2 rings (SSSR count). The first-order valence-electron chi connectivity index (χ1n) is 9.16. The maximum absolute atomic E-state index is 2.87. The van der Waals surface area contributed by atoms with E-state index >= 15 is 0 Å². The van der Waals surface area contributed by atoms with E-state index in [4.69, 9.17) is 0 Å². The molecular formula is C17H38Si6. The Kier molecular flexibility index (Phi) is 4.54. The molecule has 1 aliphatic rings. The minimum absolute atomic E-state index is 1.10. The summed E-state index contributed by atoms with van der Waals surface area (Å²) in [5.74, 6) is 0. The molecule has 0 bridgehead atoms. The molecule has 0 saturated carbocycles. The molecule has 0 spiro atoms. The monoisotopic (exact) mass is 410 g/mol. The van der Waals surface area contributed by atoms with E-state index in [1.54, 1.807) is 0 Å². The van der Waals surface area contributed by atoms with Crippen molar-refractivity contribution in [2.45, 2.75) is 72.0 Å². The predicted octanol–water partition coefficient (Wildman–Crippen LogP) is 5.00. The SMILES string of the molecule is C[Si]1(C)[Si](C)(C)[Si](C)(C)[Si](C)(c2ccccc2)[Si](C)(C)[Si]1(C)C. The average Bonchev–Trinajstić information content (AvgIpc) is 2.45. The molecule has 0 atom stereocenters. The third-order valence-electron chi connectivity index (χ3n) is 10.1. The van der Waals surface area contributed by atoms with E-state index < -0.39 is 42.7 Å². The highest BCUT2D eigenvalue weighted by molar-refractivity contribution is 8.14. The first-order chi connectivity index (χ1) is 10.1. The molecule has 1 aromatic carbocycles. The van der Waals surface area contributed by atoms with Crippen LogP contribution in [0.3, 0.4) is 0 Å². The standard InChI is InChI=1S/C17H38Si6/c1-18(2)19(3,4)21(7,8)23(11,17-15-13-12-14-16-17)22(9,10)20(18,5)6/h12-16H,1-11H3. The normalized spacial score (nSPS) is 29.0. The van der Waals surface area contributed by atoms with Crippen molar-refractivity contribution in [1.82, 2.24) is 0 Å². The Labute approximate surface area is 149 Å². The fourth-order valence-electron chi connectivity index (χ4n) is 5.87. The van der Waals surface area contributed by atoms with E-state index in [1.165, 1.54) is 0 Å². The molecule has 1 heterocycles. The van der Waals surface area contributed by atoms with Crippen LogP contribution < -0.4 is 5.19 Å². The van der Waals surface area contributed by atoms with Crippen molar-refractivity contribution in [3.8, 4) is 0 Å². The lowest BCUT2D eigenvalue weighted by Crippen LogP contribution is -3.03. The van der Waals surface area contributed by atoms with Gasteiger partial charge in [0.15, 0.2) is 0 Å². The number of benzene rings is 1. The van der Waals surface area contributed by atoms with Gasteiger partial charge < -0.3 is 0 Å². The van der Waals surface area contributed by atoms with E-state index in [1.807, 2.05) is 5.19 Å². The van der Waals surface area contributed by atoms with E-state index in [2.05, 4.69) is 102 Å². The highest BCUT2D eigenvalue weighted by Crippen LogP contribution is 2.51. The van der Waals surface area contributed by atoms with Crippen LogP contribution in [-0.4, -0.2) is 42.7 Å². The summed E-state index contributed by atoms with van der Waals surface area (Å²) in [5, 5.41) is 1.83. The first kappa shape index (κ1) is 19.8. The Balaban J connectivity index is 2.91. The van der Waals surface area contributed by atoms with Gasteiger partial charge in [-0.15, -0.1) is 0 Å². The van der Waals surface area contributed by atoms with Gasteiger partial charge in [-0.1, -0.05) is 108 Å². The van der Waals surface area contributed by atoms with Crippen molar-refractivity contribution in [1.29, 1.82) is 0 Å². The fraction of sp³-hybridized carbons (Fsp3) is 0.647. The molecular weight excluding hydrogens is 373 g/mol. The molecule has 0 aliphatic carbocycles. The molecule has 0 aromatic heterocycles. The molecule has 1 aromatic rings. The van der Waals surface area contributed by atoms with Gasteiger partial charge in [-0.05, 0) is 0 Å². The third kappa shape index (κ3) is 2.02. The Morgan fingerprint density at radius 1 is 0.435 bits per heavy atom. The van der Waals surface area contributed by atoms with Crippen LogP contribution in [0.25, 0.3) is 0 Å². The van der Waals surface area contributed by atoms with Gasteiger partial charge in [-0.25, -0.2) is 0 Å². The van der Waals surface area contributed by atoms with Gasteiger partial charge in [0.1, 0.15) is 0 Å². The molecule has 1 fully saturated rings. The summed E-state index contributed by atoms with van der Waals surface area (Å²) < 4.78 is 0. The highest BCUT2D eigenvalue weighted by Gasteiger charge is 2.77.